The van der Waals surface area contributed by atoms with Gasteiger partial charge in [-0.25, -0.2) is 0 Å². The highest BCUT2D eigenvalue weighted by Gasteiger charge is 2.06. The highest BCUT2D eigenvalue weighted by Crippen LogP contribution is 2.17. The molecule has 0 atom stereocenters. The summed E-state index contributed by atoms with van der Waals surface area (Å²) in [4.78, 5) is 24.0. The van der Waals surface area contributed by atoms with Crippen LogP contribution in [0.1, 0.15) is 39.5 Å². The SMILES string of the molecule is CCOc1ccc(NC(=O)CCCCC(=O)Nc2ccc(OCC)cc2)cc1. The Labute approximate surface area is 166 Å². The van der Waals surface area contributed by atoms with E-state index in [9.17, 15) is 9.59 Å². The molecule has 0 bridgehead atoms. The first-order valence-corrected chi connectivity index (χ1v) is 9.66. The first-order chi connectivity index (χ1) is 13.6. The Morgan fingerprint density at radius 2 is 1.04 bits per heavy atom. The molecule has 0 aliphatic rings. The highest BCUT2D eigenvalue weighted by atomic mass is 16.5. The van der Waals surface area contributed by atoms with E-state index in [1.807, 2.05) is 62.4 Å². The van der Waals surface area contributed by atoms with E-state index in [4.69, 9.17) is 9.47 Å². The molecule has 0 saturated carbocycles. The smallest absolute Gasteiger partial charge is 0.224 e. The van der Waals surface area contributed by atoms with Crippen molar-refractivity contribution in [1.29, 1.82) is 0 Å². The Morgan fingerprint density at radius 1 is 0.679 bits per heavy atom. The quantitative estimate of drug-likeness (QED) is 0.554. The number of carbonyl (C=O) groups is 2. The lowest BCUT2D eigenvalue weighted by atomic mass is 10.1. The summed E-state index contributed by atoms with van der Waals surface area (Å²) >= 11 is 0. The van der Waals surface area contributed by atoms with Crippen LogP contribution in [0.3, 0.4) is 0 Å². The number of anilines is 2. The van der Waals surface area contributed by atoms with Gasteiger partial charge in [0, 0.05) is 24.2 Å². The average Bonchev–Trinajstić information content (AvgIpc) is 2.69. The molecule has 0 unspecified atom stereocenters. The molecule has 0 aliphatic carbocycles. The molecule has 0 saturated heterocycles. The van der Waals surface area contributed by atoms with Crippen LogP contribution in [0.25, 0.3) is 0 Å². The summed E-state index contributed by atoms with van der Waals surface area (Å²) < 4.78 is 10.7. The second-order valence-electron chi connectivity index (χ2n) is 6.22. The standard InChI is InChI=1S/C22H28N2O4/c1-3-27-19-13-9-17(10-14-19)23-21(25)7-5-6-8-22(26)24-18-11-15-20(16-12-18)28-4-2/h9-16H,3-8H2,1-2H3,(H,23,25)(H,24,26). The molecular weight excluding hydrogens is 356 g/mol. The van der Waals surface area contributed by atoms with Crippen LogP contribution in [0, 0.1) is 0 Å². The summed E-state index contributed by atoms with van der Waals surface area (Å²) in [6.07, 6.45) is 2.06. The summed E-state index contributed by atoms with van der Waals surface area (Å²) in [5, 5.41) is 5.70. The summed E-state index contributed by atoms with van der Waals surface area (Å²) in [5.41, 5.74) is 1.48. The van der Waals surface area contributed by atoms with Gasteiger partial charge in [-0.1, -0.05) is 0 Å². The predicted molar refractivity (Wildman–Crippen MR) is 111 cm³/mol. The largest absolute Gasteiger partial charge is 0.494 e. The topological polar surface area (TPSA) is 76.7 Å². The van der Waals surface area contributed by atoms with Gasteiger partial charge in [0.15, 0.2) is 0 Å². The van der Waals surface area contributed by atoms with Crippen molar-refractivity contribution in [3.05, 3.63) is 48.5 Å². The van der Waals surface area contributed by atoms with Gasteiger partial charge in [0.05, 0.1) is 13.2 Å². The number of unbranched alkanes of at least 4 members (excludes halogenated alkanes) is 1. The Kier molecular flexibility index (Phi) is 8.85. The lowest BCUT2D eigenvalue weighted by Gasteiger charge is -2.08. The third kappa shape index (κ3) is 7.70. The predicted octanol–water partition coefficient (Wildman–Crippen LogP) is 4.62. The molecule has 0 spiro atoms. The fourth-order valence-corrected chi connectivity index (χ4v) is 2.62. The Balaban J connectivity index is 1.63. The number of rotatable bonds is 11. The van der Waals surface area contributed by atoms with Crippen molar-refractivity contribution in [1.82, 2.24) is 0 Å². The number of carbonyl (C=O) groups excluding carboxylic acids is 2. The number of amides is 2. The van der Waals surface area contributed by atoms with Gasteiger partial charge >= 0.3 is 0 Å². The first-order valence-electron chi connectivity index (χ1n) is 9.66. The number of nitrogens with one attached hydrogen (secondary N) is 2. The van der Waals surface area contributed by atoms with Crippen LogP contribution in [-0.2, 0) is 9.59 Å². The van der Waals surface area contributed by atoms with Gasteiger partial charge in [-0.3, -0.25) is 9.59 Å². The van der Waals surface area contributed by atoms with Crippen molar-refractivity contribution in [3.63, 3.8) is 0 Å². The molecule has 6 nitrogen and oxygen atoms in total. The molecule has 0 aromatic heterocycles. The highest BCUT2D eigenvalue weighted by molar-refractivity contribution is 5.91. The lowest BCUT2D eigenvalue weighted by molar-refractivity contribution is -0.118. The van der Waals surface area contributed by atoms with Crippen molar-refractivity contribution in [2.75, 3.05) is 23.8 Å². The number of benzene rings is 2. The maximum absolute atomic E-state index is 12.0. The minimum atomic E-state index is -0.0592. The van der Waals surface area contributed by atoms with E-state index in [2.05, 4.69) is 10.6 Å². The minimum Gasteiger partial charge on any atom is -0.494 e. The second-order valence-corrected chi connectivity index (χ2v) is 6.22. The van der Waals surface area contributed by atoms with Gasteiger partial charge in [-0.05, 0) is 75.2 Å². The van der Waals surface area contributed by atoms with Gasteiger partial charge in [0.1, 0.15) is 11.5 Å². The van der Waals surface area contributed by atoms with E-state index < -0.39 is 0 Å². The Hall–Kier alpha value is -3.02. The molecule has 2 N–H and O–H groups in total. The van der Waals surface area contributed by atoms with Crippen LogP contribution in [0.4, 0.5) is 11.4 Å². The van der Waals surface area contributed by atoms with E-state index >= 15 is 0 Å². The Bertz CT molecular complexity index is 677. The van der Waals surface area contributed by atoms with Crippen LogP contribution in [0.2, 0.25) is 0 Å². The molecule has 2 amide bonds. The third-order valence-corrected chi connectivity index (χ3v) is 3.96. The first kappa shape index (κ1) is 21.3. The zero-order valence-corrected chi connectivity index (χ0v) is 16.5. The molecule has 0 radical (unpaired) electrons. The fourth-order valence-electron chi connectivity index (χ4n) is 2.62. The van der Waals surface area contributed by atoms with E-state index in [1.165, 1.54) is 0 Å². The van der Waals surface area contributed by atoms with Gasteiger partial charge in [-0.2, -0.15) is 0 Å². The van der Waals surface area contributed by atoms with Crippen molar-refractivity contribution in [2.24, 2.45) is 0 Å². The molecule has 0 aliphatic heterocycles. The fraction of sp³-hybridized carbons (Fsp3) is 0.364. The second kappa shape index (κ2) is 11.6. The van der Waals surface area contributed by atoms with Gasteiger partial charge < -0.3 is 20.1 Å². The van der Waals surface area contributed by atoms with Crippen molar-refractivity contribution in [3.8, 4) is 11.5 Å². The van der Waals surface area contributed by atoms with Crippen LogP contribution in [0.15, 0.2) is 48.5 Å². The van der Waals surface area contributed by atoms with Crippen molar-refractivity contribution in [2.45, 2.75) is 39.5 Å². The van der Waals surface area contributed by atoms with Crippen LogP contribution >= 0.6 is 0 Å². The molecule has 2 aromatic rings. The normalized spacial score (nSPS) is 10.2. The molecule has 28 heavy (non-hydrogen) atoms. The lowest BCUT2D eigenvalue weighted by Crippen LogP contribution is -2.13. The zero-order chi connectivity index (χ0) is 20.2. The van der Waals surface area contributed by atoms with Crippen LogP contribution in [-0.4, -0.2) is 25.0 Å². The average molecular weight is 384 g/mol. The van der Waals surface area contributed by atoms with E-state index in [0.717, 1.165) is 22.9 Å². The molecule has 0 fully saturated rings. The third-order valence-electron chi connectivity index (χ3n) is 3.96. The molecule has 2 aromatic carbocycles. The molecule has 6 heteroatoms. The van der Waals surface area contributed by atoms with Crippen molar-refractivity contribution < 1.29 is 19.1 Å². The summed E-state index contributed by atoms with van der Waals surface area (Å²) in [5.74, 6) is 1.44. The number of hydrogen-bond donors (Lipinski definition) is 2. The van der Waals surface area contributed by atoms with Gasteiger partial charge in [0.2, 0.25) is 11.8 Å². The maximum atomic E-state index is 12.0. The van der Waals surface area contributed by atoms with E-state index in [1.54, 1.807) is 0 Å². The molecule has 0 heterocycles. The summed E-state index contributed by atoms with van der Waals surface area (Å²) in [6, 6.07) is 14.5. The van der Waals surface area contributed by atoms with E-state index in [-0.39, 0.29) is 11.8 Å². The van der Waals surface area contributed by atoms with E-state index in [0.29, 0.717) is 38.9 Å². The maximum Gasteiger partial charge on any atom is 0.224 e. The van der Waals surface area contributed by atoms with Gasteiger partial charge in [0.25, 0.3) is 0 Å². The molecular formula is C22H28N2O4. The van der Waals surface area contributed by atoms with Crippen molar-refractivity contribution >= 4 is 23.2 Å². The number of ether oxygens (including phenoxy) is 2. The van der Waals surface area contributed by atoms with Crippen LogP contribution < -0.4 is 20.1 Å². The Morgan fingerprint density at radius 3 is 1.36 bits per heavy atom. The molecule has 2 rings (SSSR count). The number of hydrogen-bond acceptors (Lipinski definition) is 4. The summed E-state index contributed by atoms with van der Waals surface area (Å²) in [7, 11) is 0. The minimum absolute atomic E-state index is 0.0592. The molecule has 150 valence electrons. The monoisotopic (exact) mass is 384 g/mol. The van der Waals surface area contributed by atoms with Crippen LogP contribution in [0.5, 0.6) is 11.5 Å². The zero-order valence-electron chi connectivity index (χ0n) is 16.5. The summed E-state index contributed by atoms with van der Waals surface area (Å²) in [6.45, 7) is 5.07. The van der Waals surface area contributed by atoms with Gasteiger partial charge in [-0.15, -0.1) is 0 Å².